The predicted molar refractivity (Wildman–Crippen MR) is 122 cm³/mol. The summed E-state index contributed by atoms with van der Waals surface area (Å²) in [7, 11) is -3.83. The molecule has 0 spiro atoms. The smallest absolute Gasteiger partial charge is 0.407 e. The predicted octanol–water partition coefficient (Wildman–Crippen LogP) is 3.85. The molecule has 1 saturated heterocycles. The first-order valence-electron chi connectivity index (χ1n) is 10.1. The second-order valence-electron chi connectivity index (χ2n) is 7.96. The van der Waals surface area contributed by atoms with Crippen molar-refractivity contribution in [2.75, 3.05) is 13.1 Å². The summed E-state index contributed by atoms with van der Waals surface area (Å²) in [6.45, 7) is 2.75. The van der Waals surface area contributed by atoms with Gasteiger partial charge in [-0.25, -0.2) is 27.2 Å². The lowest BCUT2D eigenvalue weighted by atomic mass is 9.94. The molecule has 0 saturated carbocycles. The number of amides is 1. The second kappa shape index (κ2) is 7.59. The molecule has 1 aliphatic heterocycles. The molecule has 4 aromatic rings. The molecule has 5 rings (SSSR count). The van der Waals surface area contributed by atoms with Crippen LogP contribution in [-0.4, -0.2) is 55.9 Å². The highest BCUT2D eigenvalue weighted by Gasteiger charge is 2.30. The number of hydrogen-bond acceptors (Lipinski definition) is 5. The number of fused-ring (bicyclic) bond motifs is 3. The molecule has 166 valence electrons. The largest absolute Gasteiger partial charge is 0.465 e. The van der Waals surface area contributed by atoms with Crippen LogP contribution < -0.4 is 0 Å². The van der Waals surface area contributed by atoms with E-state index in [4.69, 9.17) is 0 Å². The van der Waals surface area contributed by atoms with Gasteiger partial charge in [0, 0.05) is 30.6 Å². The quantitative estimate of drug-likeness (QED) is 0.441. The molecule has 32 heavy (non-hydrogen) atoms. The van der Waals surface area contributed by atoms with Crippen LogP contribution in [-0.2, 0) is 10.0 Å². The van der Waals surface area contributed by atoms with Crippen LogP contribution in [0.15, 0.2) is 52.5 Å². The lowest BCUT2D eigenvalue weighted by Crippen LogP contribution is -2.38. The Bertz CT molecular complexity index is 1460. The van der Waals surface area contributed by atoms with Gasteiger partial charge in [0.05, 0.1) is 16.1 Å². The van der Waals surface area contributed by atoms with Gasteiger partial charge in [0.15, 0.2) is 10.4 Å². The van der Waals surface area contributed by atoms with Gasteiger partial charge in [0.1, 0.15) is 6.33 Å². The number of hydrogen-bond donors (Lipinski definition) is 1. The fraction of sp³-hybridized carbons (Fsp3) is 0.286. The van der Waals surface area contributed by atoms with E-state index in [0.717, 1.165) is 29.6 Å². The second-order valence-corrected chi connectivity index (χ2v) is 10.5. The average Bonchev–Trinajstić information content (AvgIpc) is 3.36. The fourth-order valence-electron chi connectivity index (χ4n) is 4.30. The Hall–Kier alpha value is -2.92. The van der Waals surface area contributed by atoms with Crippen molar-refractivity contribution in [2.45, 2.75) is 30.6 Å². The van der Waals surface area contributed by atoms with Crippen LogP contribution in [0.3, 0.4) is 0 Å². The van der Waals surface area contributed by atoms with Gasteiger partial charge in [-0.2, -0.15) is 0 Å². The summed E-state index contributed by atoms with van der Waals surface area (Å²) in [6.07, 6.45) is 3.64. The minimum absolute atomic E-state index is 0.0937. The monoisotopic (exact) mass is 517 g/mol. The molecule has 1 amide bonds. The number of halogens is 1. The van der Waals surface area contributed by atoms with Gasteiger partial charge >= 0.3 is 6.09 Å². The van der Waals surface area contributed by atoms with E-state index >= 15 is 0 Å². The number of aryl methyl sites for hydroxylation is 1. The molecule has 1 fully saturated rings. The first-order valence-corrected chi connectivity index (χ1v) is 12.3. The maximum atomic E-state index is 13.3. The van der Waals surface area contributed by atoms with Crippen LogP contribution in [0.2, 0.25) is 0 Å². The fourth-order valence-corrected chi connectivity index (χ4v) is 6.06. The van der Waals surface area contributed by atoms with E-state index in [1.54, 1.807) is 34.7 Å². The van der Waals surface area contributed by atoms with E-state index in [-0.39, 0.29) is 10.8 Å². The Labute approximate surface area is 192 Å². The van der Waals surface area contributed by atoms with Gasteiger partial charge in [-0.1, -0.05) is 17.7 Å². The van der Waals surface area contributed by atoms with E-state index in [2.05, 4.69) is 25.9 Å². The summed E-state index contributed by atoms with van der Waals surface area (Å²) < 4.78 is 30.1. The zero-order valence-electron chi connectivity index (χ0n) is 17.1. The molecule has 1 N–H and O–H groups in total. The minimum Gasteiger partial charge on any atom is -0.465 e. The van der Waals surface area contributed by atoms with E-state index < -0.39 is 16.1 Å². The summed E-state index contributed by atoms with van der Waals surface area (Å²) in [6, 6.07) is 8.40. The third-order valence-electron chi connectivity index (χ3n) is 5.93. The van der Waals surface area contributed by atoms with Crippen LogP contribution in [0.4, 0.5) is 4.79 Å². The maximum absolute atomic E-state index is 13.3. The molecular formula is C21H20BrN5O4S. The molecule has 1 unspecified atom stereocenters. The maximum Gasteiger partial charge on any atom is 0.407 e. The van der Waals surface area contributed by atoms with Crippen LogP contribution in [0, 0.1) is 6.92 Å². The van der Waals surface area contributed by atoms with Gasteiger partial charge in [0.25, 0.3) is 10.0 Å². The molecule has 11 heteroatoms. The Kier molecular flexibility index (Phi) is 4.97. The number of rotatable bonds is 3. The van der Waals surface area contributed by atoms with Crippen molar-refractivity contribution in [3.05, 3.63) is 58.8 Å². The first-order chi connectivity index (χ1) is 15.3. The molecule has 0 bridgehead atoms. The number of carbonyl (C=O) groups is 1. The molecule has 4 heterocycles. The number of nitrogens with zero attached hydrogens (tertiary/aromatic N) is 5. The minimum atomic E-state index is -3.83. The standard InChI is InChI=1S/C21H20BrN5O4S/c1-13-4-6-15(7-5-13)32(30,31)27-10-8-16-18-17(14-3-2-9-25(11-14)21(28)29)24-20(22)26(18)12-23-19(16)27/h4-8,10,12,14H,2-3,9,11H2,1H3,(H,28,29). The number of imidazole rings is 1. The number of carboxylic acid groups (broad SMARTS) is 1. The molecule has 1 aromatic carbocycles. The summed E-state index contributed by atoms with van der Waals surface area (Å²) in [5, 5.41) is 10.1. The molecule has 0 aliphatic carbocycles. The highest BCUT2D eigenvalue weighted by Crippen LogP contribution is 2.35. The van der Waals surface area contributed by atoms with Crippen molar-refractivity contribution < 1.29 is 18.3 Å². The third-order valence-corrected chi connectivity index (χ3v) is 8.17. The highest BCUT2D eigenvalue weighted by atomic mass is 79.9. The van der Waals surface area contributed by atoms with E-state index in [0.29, 0.717) is 28.9 Å². The van der Waals surface area contributed by atoms with Gasteiger partial charge in [-0.05, 0) is 53.9 Å². The first kappa shape index (κ1) is 21.0. The Morgan fingerprint density at radius 2 is 1.97 bits per heavy atom. The van der Waals surface area contributed by atoms with Crippen molar-refractivity contribution in [3.8, 4) is 0 Å². The molecule has 3 aromatic heterocycles. The number of likely N-dealkylation sites (tertiary alicyclic amines) is 1. The SMILES string of the molecule is Cc1ccc(S(=O)(=O)n2ccc3c2ncn2c(Br)nc(C4CCCN(C(=O)O)C4)c32)cc1. The molecule has 1 aliphatic rings. The molecule has 1 atom stereocenters. The van der Waals surface area contributed by atoms with Gasteiger partial charge in [0.2, 0.25) is 0 Å². The normalized spacial score (nSPS) is 17.3. The summed E-state index contributed by atoms with van der Waals surface area (Å²) >= 11 is 3.46. The van der Waals surface area contributed by atoms with E-state index in [1.807, 2.05) is 6.92 Å². The van der Waals surface area contributed by atoms with Crippen molar-refractivity contribution in [3.63, 3.8) is 0 Å². The van der Waals surface area contributed by atoms with Gasteiger partial charge < -0.3 is 10.0 Å². The number of benzene rings is 1. The van der Waals surface area contributed by atoms with Crippen molar-refractivity contribution in [1.82, 2.24) is 23.2 Å². The van der Waals surface area contributed by atoms with Gasteiger partial charge in [-0.15, -0.1) is 0 Å². The van der Waals surface area contributed by atoms with Gasteiger partial charge in [-0.3, -0.25) is 4.40 Å². The zero-order valence-corrected chi connectivity index (χ0v) is 19.5. The van der Waals surface area contributed by atoms with Crippen LogP contribution in [0.5, 0.6) is 0 Å². The molecule has 9 nitrogen and oxygen atoms in total. The Balaban J connectivity index is 1.67. The van der Waals surface area contributed by atoms with Crippen molar-refractivity contribution in [2.24, 2.45) is 0 Å². The van der Waals surface area contributed by atoms with Crippen LogP contribution in [0.1, 0.15) is 30.0 Å². The average molecular weight is 518 g/mol. The number of piperidine rings is 1. The summed E-state index contributed by atoms with van der Waals surface area (Å²) in [5.74, 6) is -0.0937. The van der Waals surface area contributed by atoms with Crippen molar-refractivity contribution >= 4 is 48.6 Å². The molecular weight excluding hydrogens is 498 g/mol. The lowest BCUT2D eigenvalue weighted by molar-refractivity contribution is 0.130. The highest BCUT2D eigenvalue weighted by molar-refractivity contribution is 9.10. The number of aromatic nitrogens is 4. The lowest BCUT2D eigenvalue weighted by Gasteiger charge is -2.30. The summed E-state index contributed by atoms with van der Waals surface area (Å²) in [5.41, 5.74) is 2.74. The Morgan fingerprint density at radius 1 is 1.22 bits per heavy atom. The topological polar surface area (TPSA) is 110 Å². The van der Waals surface area contributed by atoms with E-state index in [1.165, 1.54) is 21.4 Å². The zero-order chi connectivity index (χ0) is 22.6. The summed E-state index contributed by atoms with van der Waals surface area (Å²) in [4.78, 5) is 22.1. The Morgan fingerprint density at radius 3 is 2.69 bits per heavy atom. The third kappa shape index (κ3) is 3.27. The van der Waals surface area contributed by atoms with Crippen LogP contribution in [0.25, 0.3) is 16.6 Å². The van der Waals surface area contributed by atoms with Crippen LogP contribution >= 0.6 is 15.9 Å². The van der Waals surface area contributed by atoms with Crippen molar-refractivity contribution in [1.29, 1.82) is 0 Å². The molecule has 0 radical (unpaired) electrons. The van der Waals surface area contributed by atoms with E-state index in [9.17, 15) is 18.3 Å².